The van der Waals surface area contributed by atoms with Crippen molar-refractivity contribution in [1.82, 2.24) is 25.1 Å². The Kier molecular flexibility index (Phi) is 4.82. The molecule has 2 fully saturated rings. The van der Waals surface area contributed by atoms with Crippen molar-refractivity contribution in [2.75, 3.05) is 12.4 Å². The number of hydrogen-bond donors (Lipinski definition) is 2. The number of carbonyl (C=O) groups is 1. The maximum atomic E-state index is 12.1. The molecule has 146 valence electrons. The van der Waals surface area contributed by atoms with Gasteiger partial charge in [0.15, 0.2) is 11.0 Å². The second-order valence-electron chi connectivity index (χ2n) is 7.43. The number of carbonyl (C=O) groups excluding carboxylic acids is 1. The number of benzene rings is 1. The lowest BCUT2D eigenvalue weighted by molar-refractivity contribution is -0.118. The minimum Gasteiger partial charge on any atom is -0.376 e. The van der Waals surface area contributed by atoms with Crippen molar-refractivity contribution in [3.05, 3.63) is 30.5 Å². The Hall–Kier alpha value is -2.32. The van der Waals surface area contributed by atoms with Gasteiger partial charge in [-0.3, -0.25) is 9.36 Å². The number of rotatable bonds is 7. The van der Waals surface area contributed by atoms with Gasteiger partial charge >= 0.3 is 0 Å². The molecule has 1 aliphatic carbocycles. The van der Waals surface area contributed by atoms with Crippen LogP contribution in [0, 0.1) is 0 Å². The van der Waals surface area contributed by atoms with Gasteiger partial charge in [0.2, 0.25) is 5.91 Å². The molecule has 7 nitrogen and oxygen atoms in total. The van der Waals surface area contributed by atoms with Crippen molar-refractivity contribution in [1.29, 1.82) is 0 Å². The molecule has 1 aliphatic heterocycles. The molecule has 1 atom stereocenters. The third-order valence-corrected chi connectivity index (χ3v) is 6.20. The van der Waals surface area contributed by atoms with Gasteiger partial charge in [0.05, 0.1) is 18.4 Å². The van der Waals surface area contributed by atoms with Crippen LogP contribution in [0.25, 0.3) is 22.3 Å². The zero-order chi connectivity index (χ0) is 18.9. The zero-order valence-electron chi connectivity index (χ0n) is 15.6. The number of nitrogens with one attached hydrogen (secondary N) is 2. The minimum atomic E-state index is 0.0628. The van der Waals surface area contributed by atoms with Crippen LogP contribution >= 0.6 is 11.8 Å². The normalized spacial score (nSPS) is 19.4. The van der Waals surface area contributed by atoms with Crippen molar-refractivity contribution in [3.8, 4) is 11.4 Å². The van der Waals surface area contributed by atoms with Crippen LogP contribution in [0.2, 0.25) is 0 Å². The van der Waals surface area contributed by atoms with Gasteiger partial charge in [-0.15, -0.1) is 10.2 Å². The fraction of sp³-hybridized carbons (Fsp3) is 0.450. The van der Waals surface area contributed by atoms with Crippen LogP contribution in [0.4, 0.5) is 0 Å². The van der Waals surface area contributed by atoms with Gasteiger partial charge in [-0.05, 0) is 31.7 Å². The zero-order valence-corrected chi connectivity index (χ0v) is 16.4. The quantitative estimate of drug-likeness (QED) is 0.599. The summed E-state index contributed by atoms with van der Waals surface area (Å²) in [6.45, 7) is 1.51. The number of amides is 1. The number of para-hydroxylation sites is 1. The topological polar surface area (TPSA) is 84.8 Å². The molecule has 3 heterocycles. The highest BCUT2D eigenvalue weighted by atomic mass is 32.2. The SMILES string of the molecule is O=C(CSc1nnc(-c2c[nH]c3ccccc23)n1C[C@@H]1CCCO1)NC1CC1. The monoisotopic (exact) mass is 397 g/mol. The van der Waals surface area contributed by atoms with Crippen LogP contribution in [0.15, 0.2) is 35.6 Å². The molecule has 2 N–H and O–H groups in total. The molecular weight excluding hydrogens is 374 g/mol. The van der Waals surface area contributed by atoms with Gasteiger partial charge < -0.3 is 15.0 Å². The van der Waals surface area contributed by atoms with Gasteiger partial charge in [0.25, 0.3) is 0 Å². The number of H-pyrrole nitrogens is 1. The molecule has 8 heteroatoms. The lowest BCUT2D eigenvalue weighted by Gasteiger charge is -2.14. The maximum absolute atomic E-state index is 12.1. The first kappa shape index (κ1) is 17.8. The van der Waals surface area contributed by atoms with Crippen molar-refractivity contribution < 1.29 is 9.53 Å². The van der Waals surface area contributed by atoms with E-state index in [-0.39, 0.29) is 12.0 Å². The minimum absolute atomic E-state index is 0.0628. The van der Waals surface area contributed by atoms with Crippen molar-refractivity contribution in [2.24, 2.45) is 0 Å². The van der Waals surface area contributed by atoms with Crippen molar-refractivity contribution in [2.45, 2.75) is 49.5 Å². The van der Waals surface area contributed by atoms with Crippen LogP contribution < -0.4 is 5.32 Å². The first-order valence-electron chi connectivity index (χ1n) is 9.81. The molecule has 1 saturated carbocycles. The highest BCUT2D eigenvalue weighted by Crippen LogP contribution is 2.31. The molecule has 5 rings (SSSR count). The third kappa shape index (κ3) is 3.66. The van der Waals surface area contributed by atoms with E-state index in [1.807, 2.05) is 18.3 Å². The summed E-state index contributed by atoms with van der Waals surface area (Å²) in [6.07, 6.45) is 6.46. The maximum Gasteiger partial charge on any atom is 0.230 e. The van der Waals surface area contributed by atoms with E-state index in [0.29, 0.717) is 18.3 Å². The van der Waals surface area contributed by atoms with Gasteiger partial charge in [-0.2, -0.15) is 0 Å². The predicted octanol–water partition coefficient (Wildman–Crippen LogP) is 2.98. The second kappa shape index (κ2) is 7.60. The third-order valence-electron chi connectivity index (χ3n) is 5.23. The summed E-state index contributed by atoms with van der Waals surface area (Å²) in [5.74, 6) is 1.24. The Bertz CT molecular complexity index is 988. The van der Waals surface area contributed by atoms with Gasteiger partial charge in [-0.25, -0.2) is 0 Å². The van der Waals surface area contributed by atoms with Crippen LogP contribution in [-0.4, -0.2) is 50.2 Å². The average Bonchev–Trinajstić information content (AvgIpc) is 3.11. The molecule has 2 aliphatic rings. The average molecular weight is 398 g/mol. The van der Waals surface area contributed by atoms with E-state index in [9.17, 15) is 4.79 Å². The molecule has 1 amide bonds. The second-order valence-corrected chi connectivity index (χ2v) is 8.37. The summed E-state index contributed by atoms with van der Waals surface area (Å²) in [6, 6.07) is 8.55. The highest BCUT2D eigenvalue weighted by Gasteiger charge is 2.25. The summed E-state index contributed by atoms with van der Waals surface area (Å²) in [7, 11) is 0. The Balaban J connectivity index is 1.44. The number of fused-ring (bicyclic) bond motifs is 1. The molecule has 0 spiro atoms. The van der Waals surface area contributed by atoms with E-state index in [4.69, 9.17) is 4.74 Å². The Labute approximate surface area is 167 Å². The van der Waals surface area contributed by atoms with E-state index < -0.39 is 0 Å². The van der Waals surface area contributed by atoms with Crippen molar-refractivity contribution in [3.63, 3.8) is 0 Å². The predicted molar refractivity (Wildman–Crippen MR) is 108 cm³/mol. The van der Waals surface area contributed by atoms with Crippen LogP contribution in [0.5, 0.6) is 0 Å². The summed E-state index contributed by atoms with van der Waals surface area (Å²) < 4.78 is 7.97. The number of thioether (sulfide) groups is 1. The molecule has 0 bridgehead atoms. The molecule has 0 radical (unpaired) electrons. The number of nitrogens with zero attached hydrogens (tertiary/aromatic N) is 3. The fourth-order valence-electron chi connectivity index (χ4n) is 3.63. The first-order valence-corrected chi connectivity index (χ1v) is 10.8. The lowest BCUT2D eigenvalue weighted by atomic mass is 10.1. The number of ether oxygens (including phenoxy) is 1. The standard InChI is InChI=1S/C20H23N5O2S/c26-18(22-13-7-8-13)12-28-20-24-23-19(25(20)11-14-4-3-9-27-14)16-10-21-17-6-2-1-5-15(16)17/h1-2,5-6,10,13-14,21H,3-4,7-9,11-12H2,(H,22,26)/t14-/m0/s1. The Morgan fingerprint density at radius 3 is 3.00 bits per heavy atom. The number of aromatic nitrogens is 4. The molecular formula is C20H23N5O2S. The van der Waals surface area contributed by atoms with Gasteiger partial charge in [-0.1, -0.05) is 30.0 Å². The van der Waals surface area contributed by atoms with E-state index in [2.05, 4.69) is 37.2 Å². The molecule has 1 aromatic carbocycles. The summed E-state index contributed by atoms with van der Waals surface area (Å²) in [5.41, 5.74) is 2.09. The number of hydrogen-bond acceptors (Lipinski definition) is 5. The van der Waals surface area contributed by atoms with E-state index in [1.165, 1.54) is 11.8 Å². The van der Waals surface area contributed by atoms with Gasteiger partial charge in [0.1, 0.15) is 0 Å². The molecule has 28 heavy (non-hydrogen) atoms. The summed E-state index contributed by atoms with van der Waals surface area (Å²) in [5, 5.41) is 13.8. The smallest absolute Gasteiger partial charge is 0.230 e. The number of aromatic amines is 1. The molecule has 2 aromatic heterocycles. The van der Waals surface area contributed by atoms with Crippen LogP contribution in [0.1, 0.15) is 25.7 Å². The van der Waals surface area contributed by atoms with E-state index >= 15 is 0 Å². The van der Waals surface area contributed by atoms with Crippen LogP contribution in [0.3, 0.4) is 0 Å². The highest BCUT2D eigenvalue weighted by molar-refractivity contribution is 7.99. The molecule has 1 saturated heterocycles. The van der Waals surface area contributed by atoms with Crippen LogP contribution in [-0.2, 0) is 16.1 Å². The van der Waals surface area contributed by atoms with E-state index in [1.54, 1.807) is 0 Å². The van der Waals surface area contributed by atoms with Gasteiger partial charge in [0, 0.05) is 35.3 Å². The molecule has 0 unspecified atom stereocenters. The Morgan fingerprint density at radius 1 is 1.29 bits per heavy atom. The largest absolute Gasteiger partial charge is 0.376 e. The first-order chi connectivity index (χ1) is 13.8. The Morgan fingerprint density at radius 2 is 2.18 bits per heavy atom. The lowest BCUT2D eigenvalue weighted by Crippen LogP contribution is -2.27. The van der Waals surface area contributed by atoms with E-state index in [0.717, 1.165) is 59.7 Å². The fourth-order valence-corrected chi connectivity index (χ4v) is 4.39. The van der Waals surface area contributed by atoms with Crippen molar-refractivity contribution >= 4 is 28.6 Å². The summed E-state index contributed by atoms with van der Waals surface area (Å²) >= 11 is 1.44. The molecule has 3 aromatic rings. The summed E-state index contributed by atoms with van der Waals surface area (Å²) in [4.78, 5) is 15.4.